The molecule has 2 bridgehead atoms. The third kappa shape index (κ3) is 3.42. The fourth-order valence-electron chi connectivity index (χ4n) is 4.15. The van der Waals surface area contributed by atoms with Crippen molar-refractivity contribution in [3.05, 3.63) is 54.0 Å². The molecule has 2 aromatic rings. The Morgan fingerprint density at radius 2 is 1.88 bits per heavy atom. The van der Waals surface area contributed by atoms with Crippen LogP contribution in [0.3, 0.4) is 0 Å². The zero-order valence-corrected chi connectivity index (χ0v) is 14.0. The highest BCUT2D eigenvalue weighted by Crippen LogP contribution is 2.30. The van der Waals surface area contributed by atoms with Crippen LogP contribution < -0.4 is 5.73 Å². The van der Waals surface area contributed by atoms with E-state index in [9.17, 15) is 0 Å². The van der Waals surface area contributed by atoms with Crippen molar-refractivity contribution in [1.29, 1.82) is 0 Å². The first kappa shape index (κ1) is 15.5. The van der Waals surface area contributed by atoms with Crippen LogP contribution in [0.1, 0.15) is 24.0 Å². The molecule has 0 saturated carbocycles. The fourth-order valence-corrected chi connectivity index (χ4v) is 4.15. The summed E-state index contributed by atoms with van der Waals surface area (Å²) in [6, 6.07) is 8.96. The van der Waals surface area contributed by atoms with Gasteiger partial charge in [0.2, 0.25) is 0 Å². The number of hydrogen-bond acceptors (Lipinski definition) is 5. The van der Waals surface area contributed by atoms with Gasteiger partial charge in [-0.15, -0.1) is 0 Å². The van der Waals surface area contributed by atoms with Crippen molar-refractivity contribution >= 4 is 5.82 Å². The first-order valence-corrected chi connectivity index (χ1v) is 8.82. The summed E-state index contributed by atoms with van der Waals surface area (Å²) in [5.41, 5.74) is 8.56. The van der Waals surface area contributed by atoms with Gasteiger partial charge in [0.05, 0.1) is 0 Å². The van der Waals surface area contributed by atoms with E-state index in [0.717, 1.165) is 31.1 Å². The number of rotatable bonds is 4. The second kappa shape index (κ2) is 6.87. The van der Waals surface area contributed by atoms with E-state index in [-0.39, 0.29) is 0 Å². The first-order chi connectivity index (χ1) is 11.8. The molecule has 0 aliphatic carbocycles. The third-order valence-corrected chi connectivity index (χ3v) is 5.36. The van der Waals surface area contributed by atoms with Gasteiger partial charge in [0.1, 0.15) is 5.82 Å². The molecule has 5 rings (SSSR count). The van der Waals surface area contributed by atoms with Crippen LogP contribution in [0.5, 0.6) is 0 Å². The molecule has 0 amide bonds. The summed E-state index contributed by atoms with van der Waals surface area (Å²) < 4.78 is 0. The number of piperidine rings is 1. The van der Waals surface area contributed by atoms with E-state index in [2.05, 4.69) is 38.0 Å². The summed E-state index contributed by atoms with van der Waals surface area (Å²) in [6.07, 6.45) is 8.18. The SMILES string of the molecule is Nc1ncccc1CN1C[C@H]2CC[C@@H]1CN(Cc1ccncc1)C2. The third-order valence-electron chi connectivity index (χ3n) is 5.36. The molecule has 3 aliphatic heterocycles. The van der Waals surface area contributed by atoms with Gasteiger partial charge in [0.15, 0.2) is 0 Å². The maximum absolute atomic E-state index is 6.05. The van der Waals surface area contributed by atoms with E-state index < -0.39 is 0 Å². The van der Waals surface area contributed by atoms with E-state index >= 15 is 0 Å². The van der Waals surface area contributed by atoms with Gasteiger partial charge in [-0.1, -0.05) is 6.07 Å². The minimum absolute atomic E-state index is 0.616. The van der Waals surface area contributed by atoms with Gasteiger partial charge < -0.3 is 5.73 Å². The number of nitrogen functional groups attached to an aromatic ring is 1. The van der Waals surface area contributed by atoms with Crippen LogP contribution in [-0.2, 0) is 13.1 Å². The van der Waals surface area contributed by atoms with Gasteiger partial charge in [-0.2, -0.15) is 0 Å². The Morgan fingerprint density at radius 1 is 1.00 bits per heavy atom. The quantitative estimate of drug-likeness (QED) is 0.934. The molecular weight excluding hydrogens is 298 g/mol. The molecule has 0 unspecified atom stereocenters. The molecule has 24 heavy (non-hydrogen) atoms. The zero-order valence-electron chi connectivity index (χ0n) is 14.0. The molecule has 3 saturated heterocycles. The first-order valence-electron chi connectivity index (χ1n) is 8.82. The van der Waals surface area contributed by atoms with Crippen LogP contribution in [0.2, 0.25) is 0 Å². The van der Waals surface area contributed by atoms with Crippen LogP contribution >= 0.6 is 0 Å². The van der Waals surface area contributed by atoms with E-state index in [1.165, 1.54) is 31.5 Å². The molecule has 0 spiro atoms. The standard InChI is InChI=1S/C19H25N5/c20-19-17(2-1-7-22-19)13-24-12-16-3-4-18(24)14-23(11-16)10-15-5-8-21-9-6-15/h1-2,5-9,16,18H,3-4,10-14H2,(H2,20,22)/t16-,18+/m0/s1. The minimum atomic E-state index is 0.616. The number of hydrogen-bond donors (Lipinski definition) is 1. The topological polar surface area (TPSA) is 58.3 Å². The Bertz CT molecular complexity index is 674. The van der Waals surface area contributed by atoms with Crippen molar-refractivity contribution in [3.63, 3.8) is 0 Å². The van der Waals surface area contributed by atoms with Gasteiger partial charge in [-0.05, 0) is 42.5 Å². The number of aromatic nitrogens is 2. The lowest BCUT2D eigenvalue weighted by molar-refractivity contribution is 0.123. The lowest BCUT2D eigenvalue weighted by Gasteiger charge is -2.36. The summed E-state index contributed by atoms with van der Waals surface area (Å²) >= 11 is 0. The highest BCUT2D eigenvalue weighted by molar-refractivity contribution is 5.38. The number of fused-ring (bicyclic) bond motifs is 4. The lowest BCUT2D eigenvalue weighted by atomic mass is 9.94. The molecule has 2 aromatic heterocycles. The van der Waals surface area contributed by atoms with Crippen LogP contribution in [0.4, 0.5) is 5.82 Å². The van der Waals surface area contributed by atoms with E-state index in [4.69, 9.17) is 5.73 Å². The van der Waals surface area contributed by atoms with E-state index in [1.807, 2.05) is 18.5 Å². The summed E-state index contributed by atoms with van der Waals surface area (Å²) in [4.78, 5) is 13.6. The van der Waals surface area contributed by atoms with Crippen molar-refractivity contribution in [2.75, 3.05) is 25.4 Å². The molecule has 5 nitrogen and oxygen atoms in total. The Morgan fingerprint density at radius 3 is 2.71 bits per heavy atom. The van der Waals surface area contributed by atoms with E-state index in [1.54, 1.807) is 6.20 Å². The number of nitrogens with two attached hydrogens (primary N) is 1. The monoisotopic (exact) mass is 323 g/mol. The summed E-state index contributed by atoms with van der Waals surface area (Å²) in [5, 5.41) is 0. The Labute approximate surface area is 143 Å². The highest BCUT2D eigenvalue weighted by Gasteiger charge is 2.34. The molecule has 5 heteroatoms. The van der Waals surface area contributed by atoms with Crippen molar-refractivity contribution in [3.8, 4) is 0 Å². The molecule has 2 N–H and O–H groups in total. The maximum Gasteiger partial charge on any atom is 0.127 e. The normalized spacial score (nSPS) is 24.8. The van der Waals surface area contributed by atoms with Crippen molar-refractivity contribution in [2.45, 2.75) is 32.0 Å². The van der Waals surface area contributed by atoms with Crippen LogP contribution in [0.15, 0.2) is 42.9 Å². The Kier molecular flexibility index (Phi) is 4.45. The zero-order chi connectivity index (χ0) is 16.4. The predicted molar refractivity (Wildman–Crippen MR) is 95.1 cm³/mol. The fraction of sp³-hybridized carbons (Fsp3) is 0.474. The van der Waals surface area contributed by atoms with Crippen LogP contribution in [-0.4, -0.2) is 45.4 Å². The molecular formula is C19H25N5. The number of pyridine rings is 2. The number of anilines is 1. The molecule has 3 fully saturated rings. The largest absolute Gasteiger partial charge is 0.383 e. The van der Waals surface area contributed by atoms with Crippen LogP contribution in [0, 0.1) is 5.92 Å². The molecule has 3 aliphatic rings. The van der Waals surface area contributed by atoms with Gasteiger partial charge >= 0.3 is 0 Å². The summed E-state index contributed by atoms with van der Waals surface area (Å²) in [7, 11) is 0. The highest BCUT2D eigenvalue weighted by atomic mass is 15.3. The van der Waals surface area contributed by atoms with Crippen molar-refractivity contribution in [2.24, 2.45) is 5.92 Å². The second-order valence-electron chi connectivity index (χ2n) is 7.12. The molecule has 0 aromatic carbocycles. The number of nitrogens with zero attached hydrogens (tertiary/aromatic N) is 4. The lowest BCUT2D eigenvalue weighted by Crippen LogP contribution is -2.43. The van der Waals surface area contributed by atoms with Crippen molar-refractivity contribution in [1.82, 2.24) is 19.8 Å². The minimum Gasteiger partial charge on any atom is -0.383 e. The van der Waals surface area contributed by atoms with Crippen molar-refractivity contribution < 1.29 is 0 Å². The summed E-state index contributed by atoms with van der Waals surface area (Å²) in [5.74, 6) is 1.43. The molecule has 0 radical (unpaired) electrons. The van der Waals surface area contributed by atoms with Gasteiger partial charge in [0, 0.05) is 62.9 Å². The van der Waals surface area contributed by atoms with Gasteiger partial charge in [-0.3, -0.25) is 14.8 Å². The maximum atomic E-state index is 6.05. The average Bonchev–Trinajstić information content (AvgIpc) is 2.88. The smallest absolute Gasteiger partial charge is 0.127 e. The summed E-state index contributed by atoms with van der Waals surface area (Å²) in [6.45, 7) is 5.45. The Hall–Kier alpha value is -1.98. The van der Waals surface area contributed by atoms with Gasteiger partial charge in [-0.25, -0.2) is 4.98 Å². The molecule has 2 atom stereocenters. The average molecular weight is 323 g/mol. The van der Waals surface area contributed by atoms with Gasteiger partial charge in [0.25, 0.3) is 0 Å². The molecule has 5 heterocycles. The second-order valence-corrected chi connectivity index (χ2v) is 7.12. The predicted octanol–water partition coefficient (Wildman–Crippen LogP) is 2.16. The van der Waals surface area contributed by atoms with Crippen LogP contribution in [0.25, 0.3) is 0 Å². The molecule has 126 valence electrons. The van der Waals surface area contributed by atoms with E-state index in [0.29, 0.717) is 11.9 Å². The Balaban J connectivity index is 1.46.